The molecule has 0 spiro atoms. The Morgan fingerprint density at radius 1 is 1.00 bits per heavy atom. The summed E-state index contributed by atoms with van der Waals surface area (Å²) >= 11 is 0. The van der Waals surface area contributed by atoms with Crippen LogP contribution in [0, 0.1) is 0 Å². The van der Waals surface area contributed by atoms with Crippen molar-refractivity contribution < 1.29 is 14.3 Å². The van der Waals surface area contributed by atoms with E-state index >= 15 is 0 Å². The molecule has 0 saturated heterocycles. The Morgan fingerprint density at radius 2 is 1.76 bits per heavy atom. The van der Waals surface area contributed by atoms with E-state index in [1.807, 2.05) is 12.1 Å². The molecule has 150 valence electrons. The Balaban J connectivity index is 1.76. The highest BCUT2D eigenvalue weighted by Gasteiger charge is 2.13. The Kier molecular flexibility index (Phi) is 6.29. The number of aromatic nitrogens is 2. The van der Waals surface area contributed by atoms with Gasteiger partial charge in [0.25, 0.3) is 5.91 Å². The van der Waals surface area contributed by atoms with Gasteiger partial charge in [0.2, 0.25) is 5.95 Å². The van der Waals surface area contributed by atoms with Gasteiger partial charge < -0.3 is 20.1 Å². The van der Waals surface area contributed by atoms with Gasteiger partial charge in [-0.05, 0) is 41.8 Å². The zero-order valence-corrected chi connectivity index (χ0v) is 16.9. The van der Waals surface area contributed by atoms with Crippen LogP contribution in [-0.4, -0.2) is 30.1 Å². The molecule has 3 rings (SSSR count). The van der Waals surface area contributed by atoms with Gasteiger partial charge in [0.15, 0.2) is 0 Å². The van der Waals surface area contributed by atoms with Crippen molar-refractivity contribution in [2.24, 2.45) is 0 Å². The molecule has 2 N–H and O–H groups in total. The maximum absolute atomic E-state index is 12.7. The van der Waals surface area contributed by atoms with Crippen LogP contribution < -0.4 is 20.1 Å². The van der Waals surface area contributed by atoms with Gasteiger partial charge in [-0.25, -0.2) is 9.97 Å². The first-order valence-corrected chi connectivity index (χ1v) is 9.23. The highest BCUT2D eigenvalue weighted by molar-refractivity contribution is 6.04. The largest absolute Gasteiger partial charge is 0.497 e. The maximum Gasteiger partial charge on any atom is 0.274 e. The van der Waals surface area contributed by atoms with E-state index in [1.165, 1.54) is 18.9 Å². The van der Waals surface area contributed by atoms with E-state index in [9.17, 15) is 4.79 Å². The standard InChI is InChI=1S/C22H24N4O3/c1-14(2)15-5-7-16(8-6-15)24-22-23-12-11-18(26-22)21(27)25-19-13-17(28-3)9-10-20(19)29-4/h5-14H,1-4H3,(H,25,27)(H,23,24,26). The van der Waals surface area contributed by atoms with Gasteiger partial charge in [-0.2, -0.15) is 0 Å². The van der Waals surface area contributed by atoms with Gasteiger partial charge >= 0.3 is 0 Å². The summed E-state index contributed by atoms with van der Waals surface area (Å²) in [6.07, 6.45) is 1.54. The molecule has 0 aliphatic heterocycles. The quantitative estimate of drug-likeness (QED) is 0.611. The number of anilines is 3. The predicted octanol–water partition coefficient (Wildman–Crippen LogP) is 4.61. The molecule has 0 fully saturated rings. The Morgan fingerprint density at radius 3 is 2.41 bits per heavy atom. The maximum atomic E-state index is 12.7. The number of amides is 1. The van der Waals surface area contributed by atoms with E-state index in [-0.39, 0.29) is 11.6 Å². The molecule has 1 amide bonds. The van der Waals surface area contributed by atoms with E-state index < -0.39 is 0 Å². The molecule has 0 aliphatic rings. The van der Waals surface area contributed by atoms with Gasteiger partial charge in [0.05, 0.1) is 19.9 Å². The van der Waals surface area contributed by atoms with Crippen LogP contribution in [0.5, 0.6) is 11.5 Å². The summed E-state index contributed by atoms with van der Waals surface area (Å²) in [5.74, 6) is 1.55. The summed E-state index contributed by atoms with van der Waals surface area (Å²) in [6, 6.07) is 14.8. The number of ether oxygens (including phenoxy) is 2. The molecule has 29 heavy (non-hydrogen) atoms. The molecular formula is C22H24N4O3. The first-order chi connectivity index (χ1) is 14.0. The lowest BCUT2D eigenvalue weighted by Gasteiger charge is -2.12. The molecule has 3 aromatic rings. The molecule has 7 heteroatoms. The Hall–Kier alpha value is -3.61. The monoisotopic (exact) mass is 392 g/mol. The fourth-order valence-electron chi connectivity index (χ4n) is 2.72. The summed E-state index contributed by atoms with van der Waals surface area (Å²) in [4.78, 5) is 21.2. The van der Waals surface area contributed by atoms with Crippen LogP contribution in [0.15, 0.2) is 54.7 Å². The van der Waals surface area contributed by atoms with Crippen LogP contribution in [-0.2, 0) is 0 Å². The third-order valence-electron chi connectivity index (χ3n) is 4.38. The SMILES string of the molecule is COc1ccc(OC)c(NC(=O)c2ccnc(Nc3ccc(C(C)C)cc3)n2)c1. The van der Waals surface area contributed by atoms with Crippen molar-refractivity contribution in [2.45, 2.75) is 19.8 Å². The molecule has 2 aromatic carbocycles. The number of rotatable bonds is 7. The van der Waals surface area contributed by atoms with Crippen LogP contribution in [0.4, 0.5) is 17.3 Å². The van der Waals surface area contributed by atoms with Crippen molar-refractivity contribution in [3.05, 3.63) is 66.0 Å². The minimum absolute atomic E-state index is 0.228. The second kappa shape index (κ2) is 9.05. The number of carbonyl (C=O) groups excluding carboxylic acids is 1. The number of hydrogen-bond acceptors (Lipinski definition) is 6. The lowest BCUT2D eigenvalue weighted by molar-refractivity contribution is 0.102. The number of carbonyl (C=O) groups is 1. The summed E-state index contributed by atoms with van der Waals surface area (Å²) in [5, 5.41) is 5.92. The zero-order chi connectivity index (χ0) is 20.8. The molecular weight excluding hydrogens is 368 g/mol. The van der Waals surface area contributed by atoms with Gasteiger partial charge in [0.1, 0.15) is 17.2 Å². The average molecular weight is 392 g/mol. The normalized spacial score (nSPS) is 10.5. The first kappa shape index (κ1) is 20.1. The number of hydrogen-bond donors (Lipinski definition) is 2. The number of methoxy groups -OCH3 is 2. The molecule has 7 nitrogen and oxygen atoms in total. The number of nitrogens with one attached hydrogen (secondary N) is 2. The predicted molar refractivity (Wildman–Crippen MR) is 113 cm³/mol. The van der Waals surface area contributed by atoms with Crippen LogP contribution in [0.25, 0.3) is 0 Å². The average Bonchev–Trinajstić information content (AvgIpc) is 2.74. The molecule has 0 unspecified atom stereocenters. The first-order valence-electron chi connectivity index (χ1n) is 9.23. The number of benzene rings is 2. The van der Waals surface area contributed by atoms with Crippen LogP contribution in [0.3, 0.4) is 0 Å². The number of nitrogens with zero attached hydrogens (tertiary/aromatic N) is 2. The van der Waals surface area contributed by atoms with E-state index in [0.29, 0.717) is 29.1 Å². The summed E-state index contributed by atoms with van der Waals surface area (Å²) in [7, 11) is 3.10. The molecule has 1 heterocycles. The second-order valence-electron chi connectivity index (χ2n) is 6.69. The smallest absolute Gasteiger partial charge is 0.274 e. The summed E-state index contributed by atoms with van der Waals surface area (Å²) < 4.78 is 10.5. The lowest BCUT2D eigenvalue weighted by atomic mass is 10.0. The van der Waals surface area contributed by atoms with Crippen molar-refractivity contribution in [1.29, 1.82) is 0 Å². The van der Waals surface area contributed by atoms with Gasteiger partial charge in [-0.1, -0.05) is 26.0 Å². The summed E-state index contributed by atoms with van der Waals surface area (Å²) in [5.41, 5.74) is 2.82. The van der Waals surface area contributed by atoms with Crippen molar-refractivity contribution in [3.63, 3.8) is 0 Å². The van der Waals surface area contributed by atoms with Crippen molar-refractivity contribution in [1.82, 2.24) is 9.97 Å². The second-order valence-corrected chi connectivity index (χ2v) is 6.69. The van der Waals surface area contributed by atoms with Gasteiger partial charge in [0, 0.05) is 18.0 Å². The van der Waals surface area contributed by atoms with Crippen molar-refractivity contribution in [2.75, 3.05) is 24.9 Å². The van der Waals surface area contributed by atoms with E-state index in [0.717, 1.165) is 5.69 Å². The van der Waals surface area contributed by atoms with Crippen LogP contribution in [0.2, 0.25) is 0 Å². The minimum Gasteiger partial charge on any atom is -0.497 e. The lowest BCUT2D eigenvalue weighted by Crippen LogP contribution is -2.15. The minimum atomic E-state index is -0.378. The molecule has 0 aliphatic carbocycles. The van der Waals surface area contributed by atoms with Crippen molar-refractivity contribution in [3.8, 4) is 11.5 Å². The fraction of sp³-hybridized carbons (Fsp3) is 0.227. The third kappa shape index (κ3) is 5.01. The Labute approximate surface area is 170 Å². The Bertz CT molecular complexity index is 988. The zero-order valence-electron chi connectivity index (χ0n) is 16.9. The molecule has 0 saturated carbocycles. The molecule has 0 atom stereocenters. The molecule has 1 aromatic heterocycles. The van der Waals surface area contributed by atoms with E-state index in [1.54, 1.807) is 31.4 Å². The molecule has 0 bridgehead atoms. The summed E-state index contributed by atoms with van der Waals surface area (Å²) in [6.45, 7) is 4.29. The van der Waals surface area contributed by atoms with E-state index in [4.69, 9.17) is 9.47 Å². The fourth-order valence-corrected chi connectivity index (χ4v) is 2.72. The topological polar surface area (TPSA) is 85.4 Å². The third-order valence-corrected chi connectivity index (χ3v) is 4.38. The van der Waals surface area contributed by atoms with Crippen molar-refractivity contribution >= 4 is 23.2 Å². The highest BCUT2D eigenvalue weighted by Crippen LogP contribution is 2.29. The van der Waals surface area contributed by atoms with Gasteiger partial charge in [-0.3, -0.25) is 4.79 Å². The van der Waals surface area contributed by atoms with E-state index in [2.05, 4.69) is 46.6 Å². The van der Waals surface area contributed by atoms with Crippen LogP contribution in [0.1, 0.15) is 35.8 Å². The highest BCUT2D eigenvalue weighted by atomic mass is 16.5. The molecule has 0 radical (unpaired) electrons. The van der Waals surface area contributed by atoms with Crippen LogP contribution >= 0.6 is 0 Å². The van der Waals surface area contributed by atoms with Gasteiger partial charge in [-0.15, -0.1) is 0 Å².